The van der Waals surface area contributed by atoms with Crippen LogP contribution in [0.2, 0.25) is 0 Å². The molecule has 0 aliphatic carbocycles. The predicted octanol–water partition coefficient (Wildman–Crippen LogP) is 1.54. The zero-order valence-corrected chi connectivity index (χ0v) is 7.98. The minimum absolute atomic E-state index is 0.231. The molecule has 66 valence electrons. The molecule has 1 aliphatic heterocycles. The van der Waals surface area contributed by atoms with E-state index in [1.807, 2.05) is 6.92 Å². The SMILES string of the molecule is Cc1nc(OC2COC2)sc1C. The molecule has 2 rings (SSSR count). The third-order valence-electron chi connectivity index (χ3n) is 1.88. The maximum Gasteiger partial charge on any atom is 0.274 e. The van der Waals surface area contributed by atoms with Crippen LogP contribution < -0.4 is 4.74 Å². The zero-order valence-electron chi connectivity index (χ0n) is 7.16. The van der Waals surface area contributed by atoms with Gasteiger partial charge in [0, 0.05) is 4.88 Å². The van der Waals surface area contributed by atoms with Crippen molar-refractivity contribution in [3.8, 4) is 5.19 Å². The first-order valence-corrected chi connectivity index (χ1v) is 4.76. The number of ether oxygens (including phenoxy) is 2. The summed E-state index contributed by atoms with van der Waals surface area (Å²) in [7, 11) is 0. The summed E-state index contributed by atoms with van der Waals surface area (Å²) in [4.78, 5) is 5.50. The van der Waals surface area contributed by atoms with E-state index >= 15 is 0 Å². The first-order valence-electron chi connectivity index (χ1n) is 3.94. The molecule has 1 saturated heterocycles. The molecule has 1 fully saturated rings. The Morgan fingerprint density at radius 3 is 2.67 bits per heavy atom. The normalized spacial score (nSPS) is 17.5. The van der Waals surface area contributed by atoms with Crippen molar-refractivity contribution in [3.63, 3.8) is 0 Å². The number of nitrogens with zero attached hydrogens (tertiary/aromatic N) is 1. The van der Waals surface area contributed by atoms with E-state index in [0.717, 1.165) is 10.9 Å². The fourth-order valence-corrected chi connectivity index (χ4v) is 1.74. The van der Waals surface area contributed by atoms with Gasteiger partial charge in [-0.1, -0.05) is 11.3 Å². The van der Waals surface area contributed by atoms with E-state index in [-0.39, 0.29) is 6.10 Å². The number of aryl methyl sites for hydroxylation is 2. The van der Waals surface area contributed by atoms with Gasteiger partial charge < -0.3 is 9.47 Å². The number of hydrogen-bond acceptors (Lipinski definition) is 4. The summed E-state index contributed by atoms with van der Waals surface area (Å²) in [6.45, 7) is 5.46. The summed E-state index contributed by atoms with van der Waals surface area (Å²) < 4.78 is 10.5. The lowest BCUT2D eigenvalue weighted by molar-refractivity contribution is -0.0797. The summed E-state index contributed by atoms with van der Waals surface area (Å²) in [5.41, 5.74) is 1.07. The molecule has 0 unspecified atom stereocenters. The lowest BCUT2D eigenvalue weighted by Gasteiger charge is -2.25. The molecule has 2 heterocycles. The van der Waals surface area contributed by atoms with Crippen LogP contribution in [-0.2, 0) is 4.74 Å². The molecule has 3 nitrogen and oxygen atoms in total. The van der Waals surface area contributed by atoms with Crippen molar-refractivity contribution in [2.45, 2.75) is 20.0 Å². The minimum atomic E-state index is 0.231. The second kappa shape index (κ2) is 3.03. The molecule has 0 bridgehead atoms. The highest BCUT2D eigenvalue weighted by atomic mass is 32.1. The third kappa shape index (κ3) is 1.44. The third-order valence-corrected chi connectivity index (χ3v) is 2.85. The van der Waals surface area contributed by atoms with Crippen molar-refractivity contribution < 1.29 is 9.47 Å². The van der Waals surface area contributed by atoms with Gasteiger partial charge in [0.2, 0.25) is 0 Å². The van der Waals surface area contributed by atoms with Crippen LogP contribution in [0.3, 0.4) is 0 Å². The van der Waals surface area contributed by atoms with Gasteiger partial charge in [-0.2, -0.15) is 0 Å². The minimum Gasteiger partial charge on any atom is -0.462 e. The van der Waals surface area contributed by atoms with Gasteiger partial charge >= 0.3 is 0 Å². The van der Waals surface area contributed by atoms with Gasteiger partial charge in [-0.05, 0) is 13.8 Å². The topological polar surface area (TPSA) is 31.4 Å². The van der Waals surface area contributed by atoms with E-state index in [9.17, 15) is 0 Å². The van der Waals surface area contributed by atoms with Gasteiger partial charge in [0.05, 0.1) is 18.9 Å². The Hall–Kier alpha value is -0.610. The Labute approximate surface area is 75.3 Å². The van der Waals surface area contributed by atoms with Crippen molar-refractivity contribution in [1.29, 1.82) is 0 Å². The molecular formula is C8H11NO2S. The van der Waals surface area contributed by atoms with Crippen LogP contribution in [0.1, 0.15) is 10.6 Å². The Morgan fingerprint density at radius 1 is 1.50 bits per heavy atom. The standard InChI is InChI=1S/C8H11NO2S/c1-5-6(2)12-8(9-5)11-7-3-10-4-7/h7H,3-4H2,1-2H3. The number of hydrogen-bond donors (Lipinski definition) is 0. The van der Waals surface area contributed by atoms with Crippen molar-refractivity contribution in [2.24, 2.45) is 0 Å². The monoisotopic (exact) mass is 185 g/mol. The smallest absolute Gasteiger partial charge is 0.274 e. The van der Waals surface area contributed by atoms with E-state index in [4.69, 9.17) is 9.47 Å². The van der Waals surface area contributed by atoms with Crippen LogP contribution in [0.15, 0.2) is 0 Å². The highest BCUT2D eigenvalue weighted by Crippen LogP contribution is 2.25. The van der Waals surface area contributed by atoms with E-state index in [1.165, 1.54) is 4.88 Å². The molecule has 1 aromatic rings. The first kappa shape index (κ1) is 8.01. The van der Waals surface area contributed by atoms with Crippen molar-refractivity contribution in [3.05, 3.63) is 10.6 Å². The summed E-state index contributed by atoms with van der Waals surface area (Å²) >= 11 is 1.60. The predicted molar refractivity (Wildman–Crippen MR) is 46.8 cm³/mol. The maximum atomic E-state index is 5.53. The van der Waals surface area contributed by atoms with Gasteiger partial charge in [-0.25, -0.2) is 4.98 Å². The largest absolute Gasteiger partial charge is 0.462 e. The quantitative estimate of drug-likeness (QED) is 0.700. The maximum absolute atomic E-state index is 5.53. The number of rotatable bonds is 2. The van der Waals surface area contributed by atoms with Gasteiger partial charge in [0.1, 0.15) is 6.10 Å². The fourth-order valence-electron chi connectivity index (χ4n) is 0.918. The Balaban J connectivity index is 2.02. The van der Waals surface area contributed by atoms with Gasteiger partial charge in [-0.15, -0.1) is 0 Å². The van der Waals surface area contributed by atoms with Crippen LogP contribution in [-0.4, -0.2) is 24.3 Å². The molecule has 0 aromatic carbocycles. The lowest BCUT2D eigenvalue weighted by atomic mass is 10.3. The highest BCUT2D eigenvalue weighted by molar-refractivity contribution is 7.13. The second-order valence-corrected chi connectivity index (χ2v) is 4.06. The van der Waals surface area contributed by atoms with Gasteiger partial charge in [-0.3, -0.25) is 0 Å². The number of thiazole rings is 1. The molecule has 0 amide bonds. The zero-order chi connectivity index (χ0) is 8.55. The molecule has 0 spiro atoms. The molecule has 0 atom stereocenters. The Kier molecular flexibility index (Phi) is 2.02. The van der Waals surface area contributed by atoms with Crippen LogP contribution in [0, 0.1) is 13.8 Å². The molecule has 0 saturated carbocycles. The van der Waals surface area contributed by atoms with E-state index in [1.54, 1.807) is 11.3 Å². The van der Waals surface area contributed by atoms with Crippen molar-refractivity contribution >= 4 is 11.3 Å². The molecule has 1 aliphatic rings. The van der Waals surface area contributed by atoms with Crippen molar-refractivity contribution in [2.75, 3.05) is 13.2 Å². The summed E-state index contributed by atoms with van der Waals surface area (Å²) in [6.07, 6.45) is 0.231. The van der Waals surface area contributed by atoms with Crippen LogP contribution in [0.5, 0.6) is 5.19 Å². The van der Waals surface area contributed by atoms with Gasteiger partial charge in [0.25, 0.3) is 5.19 Å². The Morgan fingerprint density at radius 2 is 2.25 bits per heavy atom. The average Bonchev–Trinajstić information content (AvgIpc) is 2.24. The van der Waals surface area contributed by atoms with E-state index < -0.39 is 0 Å². The molecule has 0 radical (unpaired) electrons. The molecular weight excluding hydrogens is 174 g/mol. The van der Waals surface area contributed by atoms with Crippen LogP contribution in [0.4, 0.5) is 0 Å². The Bertz CT molecular complexity index is 261. The molecule has 4 heteroatoms. The first-order chi connectivity index (χ1) is 5.75. The fraction of sp³-hybridized carbons (Fsp3) is 0.625. The van der Waals surface area contributed by atoms with Crippen LogP contribution >= 0.6 is 11.3 Å². The molecule has 12 heavy (non-hydrogen) atoms. The van der Waals surface area contributed by atoms with Crippen molar-refractivity contribution in [1.82, 2.24) is 4.98 Å². The summed E-state index contributed by atoms with van der Waals surface area (Å²) in [5, 5.41) is 0.776. The van der Waals surface area contributed by atoms with Gasteiger partial charge in [0.15, 0.2) is 0 Å². The highest BCUT2D eigenvalue weighted by Gasteiger charge is 2.21. The molecule has 1 aromatic heterocycles. The second-order valence-electron chi connectivity index (χ2n) is 2.90. The molecule has 0 N–H and O–H groups in total. The lowest BCUT2D eigenvalue weighted by Crippen LogP contribution is -2.38. The summed E-state index contributed by atoms with van der Waals surface area (Å²) in [6, 6.07) is 0. The van der Waals surface area contributed by atoms with E-state index in [2.05, 4.69) is 11.9 Å². The number of aromatic nitrogens is 1. The summed E-state index contributed by atoms with van der Waals surface area (Å²) in [5.74, 6) is 0. The van der Waals surface area contributed by atoms with E-state index in [0.29, 0.717) is 13.2 Å². The van der Waals surface area contributed by atoms with Crippen LogP contribution in [0.25, 0.3) is 0 Å². The average molecular weight is 185 g/mol.